The van der Waals surface area contributed by atoms with Crippen molar-refractivity contribution in [2.75, 3.05) is 26.8 Å². The number of methoxy groups -OCH3 is 1. The van der Waals surface area contributed by atoms with E-state index in [1.54, 1.807) is 13.2 Å². The molecule has 138 valence electrons. The molecule has 1 heterocycles. The predicted molar refractivity (Wildman–Crippen MR) is 101 cm³/mol. The van der Waals surface area contributed by atoms with E-state index in [0.29, 0.717) is 43.1 Å². The van der Waals surface area contributed by atoms with Gasteiger partial charge in [0.15, 0.2) is 0 Å². The van der Waals surface area contributed by atoms with Crippen LogP contribution in [-0.2, 0) is 11.2 Å². The van der Waals surface area contributed by atoms with E-state index in [1.807, 2.05) is 24.3 Å². The predicted octanol–water partition coefficient (Wildman–Crippen LogP) is 2.47. The third-order valence-electron chi connectivity index (χ3n) is 3.65. The van der Waals surface area contributed by atoms with E-state index in [4.69, 9.17) is 16.3 Å². The molecule has 2 N–H and O–H groups in total. The van der Waals surface area contributed by atoms with Gasteiger partial charge < -0.3 is 15.4 Å². The first-order valence-electron chi connectivity index (χ1n) is 8.36. The van der Waals surface area contributed by atoms with E-state index >= 15 is 0 Å². The van der Waals surface area contributed by atoms with Gasteiger partial charge in [0.1, 0.15) is 5.69 Å². The third kappa shape index (κ3) is 6.46. The third-order valence-corrected chi connectivity index (χ3v) is 3.89. The molecule has 0 saturated carbocycles. The van der Waals surface area contributed by atoms with E-state index < -0.39 is 0 Å². The topological polar surface area (TPSA) is 80.3 Å². The Balaban J connectivity index is 1.85. The number of pyridine rings is 1. The second-order valence-electron chi connectivity index (χ2n) is 5.67. The van der Waals surface area contributed by atoms with Gasteiger partial charge in [0.2, 0.25) is 0 Å². The molecule has 0 saturated heterocycles. The highest BCUT2D eigenvalue weighted by Crippen LogP contribution is 2.10. The van der Waals surface area contributed by atoms with Crippen molar-refractivity contribution in [3.63, 3.8) is 0 Å². The average molecular weight is 376 g/mol. The molecule has 0 bridgehead atoms. The van der Waals surface area contributed by atoms with Crippen molar-refractivity contribution in [1.82, 2.24) is 15.6 Å². The summed E-state index contributed by atoms with van der Waals surface area (Å²) in [5.41, 5.74) is 1.65. The van der Waals surface area contributed by atoms with Gasteiger partial charge in [-0.1, -0.05) is 23.7 Å². The van der Waals surface area contributed by atoms with Gasteiger partial charge in [0.25, 0.3) is 11.8 Å². The van der Waals surface area contributed by atoms with Crippen molar-refractivity contribution < 1.29 is 14.3 Å². The number of amides is 2. The highest BCUT2D eigenvalue weighted by atomic mass is 35.5. The second kappa shape index (κ2) is 10.5. The highest BCUT2D eigenvalue weighted by Gasteiger charge is 2.11. The Kier molecular flexibility index (Phi) is 8.05. The van der Waals surface area contributed by atoms with E-state index in [9.17, 15) is 9.59 Å². The first-order valence-corrected chi connectivity index (χ1v) is 8.74. The van der Waals surface area contributed by atoms with Crippen LogP contribution < -0.4 is 10.6 Å². The fraction of sp³-hybridized carbons (Fsp3) is 0.316. The lowest BCUT2D eigenvalue weighted by molar-refractivity contribution is 0.0943. The number of nitrogens with zero attached hydrogens (tertiary/aromatic N) is 1. The van der Waals surface area contributed by atoms with Crippen LogP contribution in [0.5, 0.6) is 0 Å². The van der Waals surface area contributed by atoms with Crippen LogP contribution in [0.3, 0.4) is 0 Å². The number of nitrogens with one attached hydrogen (secondary N) is 2. The Bertz CT molecular complexity index is 752. The molecule has 6 nitrogen and oxygen atoms in total. The molecule has 1 aromatic heterocycles. The molecule has 0 aliphatic heterocycles. The van der Waals surface area contributed by atoms with Crippen LogP contribution in [0.4, 0.5) is 0 Å². The maximum absolute atomic E-state index is 12.3. The molecule has 7 heteroatoms. The zero-order valence-corrected chi connectivity index (χ0v) is 15.4. The molecule has 0 fully saturated rings. The molecule has 2 rings (SSSR count). The molecule has 0 aliphatic carbocycles. The van der Waals surface area contributed by atoms with Crippen LogP contribution in [0.15, 0.2) is 42.6 Å². The smallest absolute Gasteiger partial charge is 0.269 e. The largest absolute Gasteiger partial charge is 0.385 e. The maximum atomic E-state index is 12.3. The standard InChI is InChI=1S/C19H22ClN3O3/c1-26-11-3-8-22-19(25)17-13-15(7-10-21-17)18(24)23-9-6-14-4-2-5-16(20)12-14/h2,4-5,7,10,12-13H,3,6,8-9,11H2,1H3,(H,22,25)(H,23,24). The molecule has 0 radical (unpaired) electrons. The molecule has 2 amide bonds. The van der Waals surface area contributed by atoms with Crippen LogP contribution in [-0.4, -0.2) is 43.6 Å². The molecular formula is C19H22ClN3O3. The van der Waals surface area contributed by atoms with E-state index in [0.717, 1.165) is 5.56 Å². The maximum Gasteiger partial charge on any atom is 0.269 e. The molecule has 26 heavy (non-hydrogen) atoms. The summed E-state index contributed by atoms with van der Waals surface area (Å²) in [4.78, 5) is 28.3. The number of benzene rings is 1. The number of carbonyl (C=O) groups is 2. The number of ether oxygens (including phenoxy) is 1. The van der Waals surface area contributed by atoms with Gasteiger partial charge >= 0.3 is 0 Å². The highest BCUT2D eigenvalue weighted by molar-refractivity contribution is 6.30. The van der Waals surface area contributed by atoms with Crippen molar-refractivity contribution in [3.05, 3.63) is 64.4 Å². The van der Waals surface area contributed by atoms with Crippen molar-refractivity contribution in [3.8, 4) is 0 Å². The van der Waals surface area contributed by atoms with Crippen LogP contribution in [0.25, 0.3) is 0 Å². The molecule has 0 unspecified atom stereocenters. The van der Waals surface area contributed by atoms with Gasteiger partial charge in [-0.25, -0.2) is 0 Å². The number of hydrogen-bond acceptors (Lipinski definition) is 4. The van der Waals surface area contributed by atoms with Gasteiger partial charge in [-0.3, -0.25) is 14.6 Å². The fourth-order valence-electron chi connectivity index (χ4n) is 2.32. The summed E-state index contributed by atoms with van der Waals surface area (Å²) in [6.07, 6.45) is 2.84. The Morgan fingerprint density at radius 3 is 2.69 bits per heavy atom. The van der Waals surface area contributed by atoms with Gasteiger partial charge in [0, 0.05) is 43.6 Å². The first-order chi connectivity index (χ1) is 12.6. The molecule has 0 aliphatic rings. The summed E-state index contributed by atoms with van der Waals surface area (Å²) >= 11 is 5.94. The number of rotatable bonds is 9. The Morgan fingerprint density at radius 2 is 1.92 bits per heavy atom. The Morgan fingerprint density at radius 1 is 1.12 bits per heavy atom. The van der Waals surface area contributed by atoms with E-state index in [2.05, 4.69) is 15.6 Å². The summed E-state index contributed by atoms with van der Waals surface area (Å²) in [5, 5.41) is 6.25. The lowest BCUT2D eigenvalue weighted by atomic mass is 10.1. The minimum Gasteiger partial charge on any atom is -0.385 e. The second-order valence-corrected chi connectivity index (χ2v) is 6.10. The number of hydrogen-bond donors (Lipinski definition) is 2. The normalized spacial score (nSPS) is 10.4. The van der Waals surface area contributed by atoms with Gasteiger partial charge in [0.05, 0.1) is 0 Å². The average Bonchev–Trinajstić information content (AvgIpc) is 2.65. The Labute approximate surface area is 157 Å². The van der Waals surface area contributed by atoms with Gasteiger partial charge in [-0.2, -0.15) is 0 Å². The molecule has 2 aromatic rings. The van der Waals surface area contributed by atoms with Gasteiger partial charge in [-0.05, 0) is 42.7 Å². The number of halogens is 1. The van der Waals surface area contributed by atoms with E-state index in [1.165, 1.54) is 12.3 Å². The summed E-state index contributed by atoms with van der Waals surface area (Å²) in [6.45, 7) is 1.53. The zero-order valence-electron chi connectivity index (χ0n) is 14.6. The van der Waals surface area contributed by atoms with Crippen LogP contribution in [0.1, 0.15) is 32.8 Å². The minimum absolute atomic E-state index is 0.213. The molecule has 1 aromatic carbocycles. The number of aromatic nitrogens is 1. The first kappa shape index (κ1) is 19.9. The van der Waals surface area contributed by atoms with Crippen molar-refractivity contribution in [1.29, 1.82) is 0 Å². The minimum atomic E-state index is -0.310. The summed E-state index contributed by atoms with van der Waals surface area (Å²) in [5.74, 6) is -0.558. The Hall–Kier alpha value is -2.44. The lowest BCUT2D eigenvalue weighted by Gasteiger charge is -2.08. The molecule has 0 atom stereocenters. The van der Waals surface area contributed by atoms with Crippen LogP contribution >= 0.6 is 11.6 Å². The zero-order chi connectivity index (χ0) is 18.8. The molecular weight excluding hydrogens is 354 g/mol. The summed E-state index contributed by atoms with van der Waals surface area (Å²) < 4.78 is 4.93. The van der Waals surface area contributed by atoms with Crippen molar-refractivity contribution in [2.45, 2.75) is 12.8 Å². The summed E-state index contributed by atoms with van der Waals surface area (Å²) in [6, 6.07) is 10.6. The quantitative estimate of drug-likeness (QED) is 0.660. The molecule has 0 spiro atoms. The monoisotopic (exact) mass is 375 g/mol. The van der Waals surface area contributed by atoms with Crippen molar-refractivity contribution in [2.24, 2.45) is 0 Å². The number of carbonyl (C=O) groups excluding carboxylic acids is 2. The summed E-state index contributed by atoms with van der Waals surface area (Å²) in [7, 11) is 1.61. The van der Waals surface area contributed by atoms with Crippen LogP contribution in [0.2, 0.25) is 5.02 Å². The van der Waals surface area contributed by atoms with Crippen LogP contribution in [0, 0.1) is 0 Å². The lowest BCUT2D eigenvalue weighted by Crippen LogP contribution is -2.28. The van der Waals surface area contributed by atoms with Crippen molar-refractivity contribution >= 4 is 23.4 Å². The fourth-order valence-corrected chi connectivity index (χ4v) is 2.53. The van der Waals surface area contributed by atoms with E-state index in [-0.39, 0.29) is 17.5 Å². The SMILES string of the molecule is COCCCNC(=O)c1cc(C(=O)NCCc2cccc(Cl)c2)ccn1. The van der Waals surface area contributed by atoms with Gasteiger partial charge in [-0.15, -0.1) is 0 Å².